The summed E-state index contributed by atoms with van der Waals surface area (Å²) in [5.41, 5.74) is 2.45. The van der Waals surface area contributed by atoms with Crippen molar-refractivity contribution in [3.05, 3.63) is 46.7 Å². The number of pyridine rings is 1. The van der Waals surface area contributed by atoms with Crippen LogP contribution in [0.25, 0.3) is 5.57 Å². The van der Waals surface area contributed by atoms with E-state index >= 15 is 0 Å². The molecule has 0 aliphatic heterocycles. The minimum Gasteiger partial charge on any atom is -0.264 e. The Balaban J connectivity index is 2.40. The summed E-state index contributed by atoms with van der Waals surface area (Å²) in [6, 6.07) is 1.97. The van der Waals surface area contributed by atoms with Crippen LogP contribution in [-0.2, 0) is 0 Å². The molecule has 66 valence electrons. The molecule has 0 N–H and O–H groups in total. The first kappa shape index (κ1) is 8.70. The van der Waals surface area contributed by atoms with E-state index in [2.05, 4.69) is 39.1 Å². The van der Waals surface area contributed by atoms with Gasteiger partial charge in [-0.1, -0.05) is 34.2 Å². The molecular formula is C11H10BrN. The lowest BCUT2D eigenvalue weighted by atomic mass is 10.0. The lowest BCUT2D eigenvalue weighted by Crippen LogP contribution is -1.88. The molecule has 1 nitrogen and oxygen atoms in total. The fraction of sp³-hybridized carbons (Fsp3) is 0.182. The molecule has 13 heavy (non-hydrogen) atoms. The third kappa shape index (κ3) is 1.89. The van der Waals surface area contributed by atoms with Crippen molar-refractivity contribution in [2.45, 2.75) is 12.8 Å². The summed E-state index contributed by atoms with van der Waals surface area (Å²) in [4.78, 5) is 4.12. The monoisotopic (exact) mass is 235 g/mol. The Morgan fingerprint density at radius 2 is 2.23 bits per heavy atom. The van der Waals surface area contributed by atoms with Crippen molar-refractivity contribution in [1.82, 2.24) is 4.98 Å². The quantitative estimate of drug-likeness (QED) is 0.726. The van der Waals surface area contributed by atoms with E-state index < -0.39 is 0 Å². The fourth-order valence-corrected chi connectivity index (χ4v) is 1.85. The van der Waals surface area contributed by atoms with E-state index in [9.17, 15) is 0 Å². The molecule has 1 heterocycles. The predicted molar refractivity (Wildman–Crippen MR) is 58.3 cm³/mol. The largest absolute Gasteiger partial charge is 0.264 e. The highest BCUT2D eigenvalue weighted by Gasteiger charge is 2.04. The molecule has 0 amide bonds. The van der Waals surface area contributed by atoms with Gasteiger partial charge < -0.3 is 0 Å². The third-order valence-corrected chi connectivity index (χ3v) is 2.77. The molecule has 0 unspecified atom stereocenters. The highest BCUT2D eigenvalue weighted by Crippen LogP contribution is 2.26. The van der Waals surface area contributed by atoms with Crippen LogP contribution in [0.3, 0.4) is 0 Å². The maximum absolute atomic E-state index is 4.12. The average Bonchev–Trinajstić information content (AvgIpc) is 2.20. The van der Waals surface area contributed by atoms with E-state index in [4.69, 9.17) is 0 Å². The van der Waals surface area contributed by atoms with E-state index in [0.717, 1.165) is 17.3 Å². The standard InChI is InChI=1S/C11H10BrN/c12-11-6-7-13-8-10(11)9-4-2-1-3-5-9/h2,4-8H,1,3H2. The van der Waals surface area contributed by atoms with Crippen molar-refractivity contribution < 1.29 is 0 Å². The summed E-state index contributed by atoms with van der Waals surface area (Å²) in [5, 5.41) is 0. The molecule has 0 atom stereocenters. The van der Waals surface area contributed by atoms with E-state index in [1.54, 1.807) is 6.20 Å². The molecule has 0 saturated heterocycles. The van der Waals surface area contributed by atoms with Crippen molar-refractivity contribution in [2.24, 2.45) is 0 Å². The van der Waals surface area contributed by atoms with Crippen LogP contribution in [-0.4, -0.2) is 4.98 Å². The molecule has 2 rings (SSSR count). The smallest absolute Gasteiger partial charge is 0.0357 e. The van der Waals surface area contributed by atoms with Gasteiger partial charge >= 0.3 is 0 Å². The van der Waals surface area contributed by atoms with Crippen LogP contribution in [0.1, 0.15) is 18.4 Å². The first-order valence-electron chi connectivity index (χ1n) is 4.34. The zero-order valence-electron chi connectivity index (χ0n) is 7.20. The van der Waals surface area contributed by atoms with Gasteiger partial charge in [0, 0.05) is 22.4 Å². The first-order valence-corrected chi connectivity index (χ1v) is 5.14. The maximum Gasteiger partial charge on any atom is 0.0357 e. The molecule has 0 radical (unpaired) electrons. The summed E-state index contributed by atoms with van der Waals surface area (Å²) in [6.07, 6.45) is 12.6. The number of hydrogen-bond donors (Lipinski definition) is 0. The third-order valence-electron chi connectivity index (χ3n) is 2.07. The van der Waals surface area contributed by atoms with Gasteiger partial charge in [0.1, 0.15) is 0 Å². The van der Waals surface area contributed by atoms with Crippen LogP contribution in [0, 0.1) is 0 Å². The van der Waals surface area contributed by atoms with Gasteiger partial charge in [-0.05, 0) is 24.5 Å². The molecule has 2 heteroatoms. The maximum atomic E-state index is 4.12. The normalized spacial score (nSPS) is 15.6. The summed E-state index contributed by atoms with van der Waals surface area (Å²) >= 11 is 3.52. The van der Waals surface area contributed by atoms with Crippen LogP contribution in [0.5, 0.6) is 0 Å². The Bertz CT molecular complexity index is 366. The molecule has 1 aromatic rings. The molecular weight excluding hydrogens is 226 g/mol. The highest BCUT2D eigenvalue weighted by molar-refractivity contribution is 9.10. The van der Waals surface area contributed by atoms with Crippen molar-refractivity contribution in [2.75, 3.05) is 0 Å². The lowest BCUT2D eigenvalue weighted by Gasteiger charge is -2.07. The Morgan fingerprint density at radius 1 is 1.31 bits per heavy atom. The number of hydrogen-bond acceptors (Lipinski definition) is 1. The zero-order chi connectivity index (χ0) is 9.10. The van der Waals surface area contributed by atoms with Gasteiger partial charge in [-0.3, -0.25) is 4.98 Å². The van der Waals surface area contributed by atoms with E-state index in [1.165, 1.54) is 11.1 Å². The molecule has 0 fully saturated rings. The van der Waals surface area contributed by atoms with Crippen LogP contribution in [0.15, 0.2) is 41.2 Å². The van der Waals surface area contributed by atoms with Gasteiger partial charge in [-0.25, -0.2) is 0 Å². The molecule has 1 aliphatic carbocycles. The number of halogens is 1. The molecule has 1 aromatic heterocycles. The zero-order valence-corrected chi connectivity index (χ0v) is 8.79. The van der Waals surface area contributed by atoms with Crippen LogP contribution >= 0.6 is 15.9 Å². The second kappa shape index (κ2) is 3.88. The second-order valence-corrected chi connectivity index (χ2v) is 3.85. The van der Waals surface area contributed by atoms with Gasteiger partial charge in [0.25, 0.3) is 0 Å². The van der Waals surface area contributed by atoms with Crippen molar-refractivity contribution in [1.29, 1.82) is 0 Å². The molecule has 0 bridgehead atoms. The van der Waals surface area contributed by atoms with Crippen molar-refractivity contribution >= 4 is 21.5 Å². The first-order chi connectivity index (χ1) is 6.38. The summed E-state index contributed by atoms with van der Waals surface area (Å²) in [6.45, 7) is 0. The Kier molecular flexibility index (Phi) is 2.60. The molecule has 0 saturated carbocycles. The van der Waals surface area contributed by atoms with Crippen LogP contribution in [0.4, 0.5) is 0 Å². The minimum absolute atomic E-state index is 1.11. The van der Waals surface area contributed by atoms with Gasteiger partial charge in [-0.15, -0.1) is 0 Å². The minimum atomic E-state index is 1.11. The fourth-order valence-electron chi connectivity index (χ4n) is 1.40. The van der Waals surface area contributed by atoms with Gasteiger partial charge in [0.05, 0.1) is 0 Å². The average molecular weight is 236 g/mol. The van der Waals surface area contributed by atoms with Gasteiger partial charge in [0.2, 0.25) is 0 Å². The van der Waals surface area contributed by atoms with Gasteiger partial charge in [-0.2, -0.15) is 0 Å². The Labute approximate surface area is 86.3 Å². The predicted octanol–water partition coefficient (Wildman–Crippen LogP) is 3.58. The van der Waals surface area contributed by atoms with E-state index in [-0.39, 0.29) is 0 Å². The van der Waals surface area contributed by atoms with E-state index in [1.807, 2.05) is 12.3 Å². The molecule has 1 aliphatic rings. The highest BCUT2D eigenvalue weighted by atomic mass is 79.9. The molecule has 0 aromatic carbocycles. The Hall–Kier alpha value is -0.890. The molecule has 0 spiro atoms. The van der Waals surface area contributed by atoms with Crippen LogP contribution in [0.2, 0.25) is 0 Å². The Morgan fingerprint density at radius 3 is 2.92 bits per heavy atom. The van der Waals surface area contributed by atoms with E-state index in [0.29, 0.717) is 0 Å². The van der Waals surface area contributed by atoms with Crippen LogP contribution < -0.4 is 0 Å². The van der Waals surface area contributed by atoms with Crippen molar-refractivity contribution in [3.8, 4) is 0 Å². The lowest BCUT2D eigenvalue weighted by molar-refractivity contribution is 1.04. The second-order valence-electron chi connectivity index (χ2n) is 2.99. The summed E-state index contributed by atoms with van der Waals surface area (Å²) in [7, 11) is 0. The topological polar surface area (TPSA) is 12.9 Å². The number of nitrogens with zero attached hydrogens (tertiary/aromatic N) is 1. The van der Waals surface area contributed by atoms with Gasteiger partial charge in [0.15, 0.2) is 0 Å². The SMILES string of the molecule is Brc1ccncc1C1=CCCC=C1. The summed E-state index contributed by atoms with van der Waals surface area (Å²) in [5.74, 6) is 0. The number of rotatable bonds is 1. The summed E-state index contributed by atoms with van der Waals surface area (Å²) < 4.78 is 1.11. The number of allylic oxidation sites excluding steroid dienone is 4. The van der Waals surface area contributed by atoms with Crippen molar-refractivity contribution in [3.63, 3.8) is 0 Å². The number of aromatic nitrogens is 1.